The number of fused-ring (bicyclic) bond motifs is 3. The molecule has 0 aliphatic carbocycles. The fourth-order valence-electron chi connectivity index (χ4n) is 5.20. The average Bonchev–Trinajstić information content (AvgIpc) is 2.88. The number of nitrogens with zero attached hydrogens (tertiary/aromatic N) is 2. The van der Waals surface area contributed by atoms with Crippen LogP contribution in [0.5, 0.6) is 0 Å². The molecule has 0 fully saturated rings. The maximum absolute atomic E-state index is 4.80. The van der Waals surface area contributed by atoms with Crippen LogP contribution in [0.4, 0.5) is 0 Å². The van der Waals surface area contributed by atoms with Gasteiger partial charge in [-0.3, -0.25) is 9.97 Å². The number of hydrogen-bond acceptors (Lipinski definition) is 2. The lowest BCUT2D eigenvalue weighted by molar-refractivity contribution is 1.32. The summed E-state index contributed by atoms with van der Waals surface area (Å²) >= 11 is 0. The maximum atomic E-state index is 4.80. The van der Waals surface area contributed by atoms with Gasteiger partial charge in [-0.1, -0.05) is 54.1 Å². The Morgan fingerprint density at radius 1 is 0.500 bits per heavy atom. The summed E-state index contributed by atoms with van der Waals surface area (Å²) < 4.78 is 0. The lowest BCUT2D eigenvalue weighted by Gasteiger charge is -2.15. The van der Waals surface area contributed by atoms with E-state index in [2.05, 4.69) is 105 Å². The van der Waals surface area contributed by atoms with Crippen molar-refractivity contribution in [2.45, 2.75) is 27.7 Å². The minimum absolute atomic E-state index is 0.990. The summed E-state index contributed by atoms with van der Waals surface area (Å²) in [5, 5.41) is 3.73. The lowest BCUT2D eigenvalue weighted by Crippen LogP contribution is -1.92. The van der Waals surface area contributed by atoms with Gasteiger partial charge in [0, 0.05) is 23.3 Å². The SMILES string of the molecule is Cc1cc(-c2cc(-c3ccccn3)ccc2C)cc(-c2cc3ncc(C)cc3c3cc(C)ccc23)c1. The summed E-state index contributed by atoms with van der Waals surface area (Å²) in [5.41, 5.74) is 13.0. The third-order valence-electron chi connectivity index (χ3n) is 6.99. The Balaban J connectivity index is 1.58. The number of pyridine rings is 2. The quantitative estimate of drug-likeness (QED) is 0.244. The first kappa shape index (κ1) is 22.2. The molecule has 6 rings (SSSR count). The Morgan fingerprint density at radius 3 is 2.11 bits per heavy atom. The highest BCUT2D eigenvalue weighted by molar-refractivity contribution is 6.13. The Bertz CT molecular complexity index is 1760. The molecule has 0 N–H and O–H groups in total. The van der Waals surface area contributed by atoms with Gasteiger partial charge in [-0.2, -0.15) is 0 Å². The third-order valence-corrected chi connectivity index (χ3v) is 6.99. The van der Waals surface area contributed by atoms with Gasteiger partial charge in [0.25, 0.3) is 0 Å². The number of benzene rings is 4. The molecule has 0 spiro atoms. The van der Waals surface area contributed by atoms with Crippen LogP contribution in [0.25, 0.3) is 55.2 Å². The van der Waals surface area contributed by atoms with Crippen molar-refractivity contribution in [2.24, 2.45) is 0 Å². The van der Waals surface area contributed by atoms with Crippen LogP contribution in [0.15, 0.2) is 97.3 Å². The summed E-state index contributed by atoms with van der Waals surface area (Å²) in [7, 11) is 0. The predicted octanol–water partition coefficient (Wildman–Crippen LogP) is 9.02. The molecule has 174 valence electrons. The Kier molecular flexibility index (Phi) is 5.38. The molecule has 2 heteroatoms. The fraction of sp³-hybridized carbons (Fsp3) is 0.118. The first-order valence-corrected chi connectivity index (χ1v) is 12.4. The first-order chi connectivity index (χ1) is 17.5. The predicted molar refractivity (Wildman–Crippen MR) is 152 cm³/mol. The molecule has 0 aliphatic rings. The van der Waals surface area contributed by atoms with Gasteiger partial charge in [0.15, 0.2) is 0 Å². The number of hydrogen-bond donors (Lipinski definition) is 0. The molecule has 2 aromatic heterocycles. The van der Waals surface area contributed by atoms with Crippen LogP contribution in [0, 0.1) is 27.7 Å². The van der Waals surface area contributed by atoms with Crippen LogP contribution < -0.4 is 0 Å². The van der Waals surface area contributed by atoms with Crippen molar-refractivity contribution in [2.75, 3.05) is 0 Å². The smallest absolute Gasteiger partial charge is 0.0714 e. The molecule has 0 saturated carbocycles. The van der Waals surface area contributed by atoms with Gasteiger partial charge < -0.3 is 0 Å². The number of aryl methyl sites for hydroxylation is 4. The van der Waals surface area contributed by atoms with E-state index in [4.69, 9.17) is 4.98 Å². The molecule has 0 radical (unpaired) electrons. The maximum Gasteiger partial charge on any atom is 0.0714 e. The van der Waals surface area contributed by atoms with Crippen molar-refractivity contribution in [3.63, 3.8) is 0 Å². The minimum Gasteiger partial charge on any atom is -0.256 e. The topological polar surface area (TPSA) is 25.8 Å². The Hall–Kier alpha value is -4.30. The van der Waals surface area contributed by atoms with E-state index in [0.717, 1.165) is 16.8 Å². The van der Waals surface area contributed by atoms with E-state index in [1.165, 1.54) is 60.7 Å². The molecule has 0 bridgehead atoms. The Morgan fingerprint density at radius 2 is 1.31 bits per heavy atom. The first-order valence-electron chi connectivity index (χ1n) is 12.4. The van der Waals surface area contributed by atoms with Gasteiger partial charge in [-0.25, -0.2) is 0 Å². The molecule has 4 aromatic carbocycles. The van der Waals surface area contributed by atoms with Crippen LogP contribution in [-0.4, -0.2) is 9.97 Å². The molecule has 0 amide bonds. The highest BCUT2D eigenvalue weighted by Gasteiger charge is 2.13. The van der Waals surface area contributed by atoms with E-state index in [-0.39, 0.29) is 0 Å². The van der Waals surface area contributed by atoms with E-state index >= 15 is 0 Å². The zero-order valence-corrected chi connectivity index (χ0v) is 21.1. The standard InChI is InChI=1S/C34H28N2/c1-21-8-11-28-30(19-34-32(31(28)15-21)16-23(3)20-36-34)27-14-22(2)13-26(17-27)29-18-25(10-9-24(29)4)33-7-5-6-12-35-33/h5-20H,1-4H3. The highest BCUT2D eigenvalue weighted by atomic mass is 14.7. The molecule has 6 aromatic rings. The molecule has 0 aliphatic heterocycles. The van der Waals surface area contributed by atoms with Gasteiger partial charge >= 0.3 is 0 Å². The third kappa shape index (κ3) is 3.95. The van der Waals surface area contributed by atoms with Crippen molar-refractivity contribution in [3.8, 4) is 33.5 Å². The molecule has 0 atom stereocenters. The minimum atomic E-state index is 0.990. The summed E-state index contributed by atoms with van der Waals surface area (Å²) in [4.78, 5) is 9.37. The van der Waals surface area contributed by atoms with Crippen LogP contribution >= 0.6 is 0 Å². The second kappa shape index (κ2) is 8.73. The molecule has 0 unspecified atom stereocenters. The van der Waals surface area contributed by atoms with Gasteiger partial charge in [0.05, 0.1) is 11.2 Å². The lowest BCUT2D eigenvalue weighted by atomic mass is 9.89. The molecular weight excluding hydrogens is 436 g/mol. The molecular formula is C34H28N2. The second-order valence-electron chi connectivity index (χ2n) is 9.88. The van der Waals surface area contributed by atoms with E-state index in [1.807, 2.05) is 24.5 Å². The van der Waals surface area contributed by atoms with E-state index in [0.29, 0.717) is 0 Å². The van der Waals surface area contributed by atoms with Crippen molar-refractivity contribution >= 4 is 21.7 Å². The molecule has 0 saturated heterocycles. The molecule has 2 heterocycles. The summed E-state index contributed by atoms with van der Waals surface area (Å²) in [5.74, 6) is 0. The van der Waals surface area contributed by atoms with Crippen molar-refractivity contribution < 1.29 is 0 Å². The van der Waals surface area contributed by atoms with Crippen LogP contribution in [0.2, 0.25) is 0 Å². The average molecular weight is 465 g/mol. The fourth-order valence-corrected chi connectivity index (χ4v) is 5.20. The van der Waals surface area contributed by atoms with Gasteiger partial charge in [0.2, 0.25) is 0 Å². The summed E-state index contributed by atoms with van der Waals surface area (Å²) in [6.45, 7) is 8.62. The van der Waals surface area contributed by atoms with E-state index in [1.54, 1.807) is 0 Å². The zero-order valence-electron chi connectivity index (χ0n) is 21.1. The second-order valence-corrected chi connectivity index (χ2v) is 9.88. The number of rotatable bonds is 3. The summed E-state index contributed by atoms with van der Waals surface area (Å²) in [6.07, 6.45) is 3.81. The Labute approximate surface area is 212 Å². The number of aromatic nitrogens is 2. The van der Waals surface area contributed by atoms with Crippen molar-refractivity contribution in [1.29, 1.82) is 0 Å². The van der Waals surface area contributed by atoms with Crippen LogP contribution in [0.3, 0.4) is 0 Å². The molecule has 36 heavy (non-hydrogen) atoms. The monoisotopic (exact) mass is 464 g/mol. The molecule has 2 nitrogen and oxygen atoms in total. The van der Waals surface area contributed by atoms with Gasteiger partial charge in [0.1, 0.15) is 0 Å². The highest BCUT2D eigenvalue weighted by Crippen LogP contribution is 2.38. The van der Waals surface area contributed by atoms with Crippen molar-refractivity contribution in [3.05, 3.63) is 120 Å². The van der Waals surface area contributed by atoms with E-state index < -0.39 is 0 Å². The van der Waals surface area contributed by atoms with Crippen LogP contribution in [0.1, 0.15) is 22.3 Å². The van der Waals surface area contributed by atoms with Crippen LogP contribution in [-0.2, 0) is 0 Å². The van der Waals surface area contributed by atoms with Gasteiger partial charge in [-0.15, -0.1) is 0 Å². The summed E-state index contributed by atoms with van der Waals surface area (Å²) in [6, 6.07) is 30.8. The van der Waals surface area contributed by atoms with Crippen molar-refractivity contribution in [1.82, 2.24) is 9.97 Å². The van der Waals surface area contributed by atoms with E-state index in [9.17, 15) is 0 Å². The normalized spacial score (nSPS) is 11.3. The zero-order chi connectivity index (χ0) is 24.8. The largest absolute Gasteiger partial charge is 0.256 e. The van der Waals surface area contributed by atoms with Gasteiger partial charge in [-0.05, 0) is 114 Å².